The fraction of sp³-hybridized carbons (Fsp3) is 0.533. The predicted octanol–water partition coefficient (Wildman–Crippen LogP) is 3.88. The Morgan fingerprint density at radius 2 is 2.28 bits per heavy atom. The van der Waals surface area contributed by atoms with Gasteiger partial charge in [-0.25, -0.2) is 0 Å². The lowest BCUT2D eigenvalue weighted by Crippen LogP contribution is -2.33. The van der Waals surface area contributed by atoms with Crippen molar-refractivity contribution in [3.8, 4) is 6.07 Å². The van der Waals surface area contributed by atoms with Gasteiger partial charge in [0.25, 0.3) is 0 Å². The molecule has 2 nitrogen and oxygen atoms in total. The van der Waals surface area contributed by atoms with Crippen LogP contribution in [0.4, 0.5) is 0 Å². The molecule has 1 fully saturated rings. The molecular weight excluding hydrogens is 244 g/mol. The second-order valence-electron chi connectivity index (χ2n) is 5.27. The van der Waals surface area contributed by atoms with Crippen LogP contribution in [0, 0.1) is 17.2 Å². The van der Waals surface area contributed by atoms with Crippen molar-refractivity contribution in [3.05, 3.63) is 34.3 Å². The van der Waals surface area contributed by atoms with E-state index >= 15 is 0 Å². The number of hydrogen-bond donors (Lipinski definition) is 1. The van der Waals surface area contributed by atoms with Crippen molar-refractivity contribution >= 4 is 11.6 Å². The molecule has 0 radical (unpaired) electrons. The van der Waals surface area contributed by atoms with Crippen LogP contribution in [0.1, 0.15) is 43.7 Å². The highest BCUT2D eigenvalue weighted by atomic mass is 35.5. The standard InChI is InChI=1S/C15H19ClN2/c1-11-3-2-4-14(7-11)18-10-13-6-5-12(9-17)8-15(13)16/h5-6,8,11,14,18H,2-4,7,10H2,1H3. The molecule has 2 unspecified atom stereocenters. The van der Waals surface area contributed by atoms with E-state index in [2.05, 4.69) is 18.3 Å². The molecule has 1 aromatic rings. The van der Waals surface area contributed by atoms with E-state index in [9.17, 15) is 0 Å². The molecule has 1 saturated carbocycles. The predicted molar refractivity (Wildman–Crippen MR) is 74.4 cm³/mol. The Labute approximate surface area is 114 Å². The molecule has 0 spiro atoms. The van der Waals surface area contributed by atoms with Crippen molar-refractivity contribution < 1.29 is 0 Å². The van der Waals surface area contributed by atoms with Gasteiger partial charge in [-0.1, -0.05) is 37.4 Å². The van der Waals surface area contributed by atoms with Gasteiger partial charge in [0.2, 0.25) is 0 Å². The second kappa shape index (κ2) is 6.22. The molecule has 3 heteroatoms. The molecule has 0 aliphatic heterocycles. The molecular formula is C15H19ClN2. The van der Waals surface area contributed by atoms with E-state index in [1.165, 1.54) is 25.7 Å². The normalized spacial score (nSPS) is 23.6. The van der Waals surface area contributed by atoms with E-state index < -0.39 is 0 Å². The average Bonchev–Trinajstić information content (AvgIpc) is 2.37. The average molecular weight is 263 g/mol. The maximum absolute atomic E-state index is 8.79. The van der Waals surface area contributed by atoms with Crippen molar-refractivity contribution in [1.29, 1.82) is 5.26 Å². The van der Waals surface area contributed by atoms with Crippen LogP contribution in [0.2, 0.25) is 5.02 Å². The lowest BCUT2D eigenvalue weighted by molar-refractivity contribution is 0.300. The Balaban J connectivity index is 1.92. The number of hydrogen-bond acceptors (Lipinski definition) is 2. The molecule has 1 aromatic carbocycles. The molecule has 18 heavy (non-hydrogen) atoms. The van der Waals surface area contributed by atoms with E-state index in [-0.39, 0.29) is 0 Å². The SMILES string of the molecule is CC1CCCC(NCc2ccc(C#N)cc2Cl)C1. The Bertz CT molecular complexity index is 450. The first-order chi connectivity index (χ1) is 8.69. The van der Waals surface area contributed by atoms with E-state index in [4.69, 9.17) is 16.9 Å². The zero-order valence-corrected chi connectivity index (χ0v) is 11.5. The molecule has 0 bridgehead atoms. The summed E-state index contributed by atoms with van der Waals surface area (Å²) >= 11 is 6.16. The summed E-state index contributed by atoms with van der Waals surface area (Å²) in [6, 6.07) is 8.22. The minimum Gasteiger partial charge on any atom is -0.310 e. The maximum Gasteiger partial charge on any atom is 0.0992 e. The summed E-state index contributed by atoms with van der Waals surface area (Å²) < 4.78 is 0. The van der Waals surface area contributed by atoms with Crippen LogP contribution in [-0.4, -0.2) is 6.04 Å². The van der Waals surface area contributed by atoms with Gasteiger partial charge in [0.05, 0.1) is 11.6 Å². The first-order valence-electron chi connectivity index (χ1n) is 6.61. The molecule has 0 saturated heterocycles. The lowest BCUT2D eigenvalue weighted by atomic mass is 9.87. The fourth-order valence-corrected chi connectivity index (χ4v) is 2.88. The van der Waals surface area contributed by atoms with Crippen LogP contribution >= 0.6 is 11.6 Å². The van der Waals surface area contributed by atoms with E-state index in [1.807, 2.05) is 12.1 Å². The van der Waals surface area contributed by atoms with Crippen LogP contribution in [0.3, 0.4) is 0 Å². The second-order valence-corrected chi connectivity index (χ2v) is 5.67. The van der Waals surface area contributed by atoms with Crippen LogP contribution in [0.5, 0.6) is 0 Å². The summed E-state index contributed by atoms with van der Waals surface area (Å²) in [7, 11) is 0. The zero-order valence-electron chi connectivity index (χ0n) is 10.7. The van der Waals surface area contributed by atoms with Gasteiger partial charge in [-0.3, -0.25) is 0 Å². The Morgan fingerprint density at radius 1 is 1.44 bits per heavy atom. The summed E-state index contributed by atoms with van der Waals surface area (Å²) in [4.78, 5) is 0. The number of nitriles is 1. The first-order valence-corrected chi connectivity index (χ1v) is 6.98. The van der Waals surface area contributed by atoms with E-state index in [1.54, 1.807) is 6.07 Å². The summed E-state index contributed by atoms with van der Waals surface area (Å²) in [6.07, 6.45) is 5.20. The quantitative estimate of drug-likeness (QED) is 0.897. The molecule has 1 aliphatic rings. The minimum atomic E-state index is 0.612. The largest absolute Gasteiger partial charge is 0.310 e. The third-order valence-electron chi connectivity index (χ3n) is 3.70. The summed E-state index contributed by atoms with van der Waals surface area (Å²) in [5.41, 5.74) is 1.70. The number of nitrogens with zero attached hydrogens (tertiary/aromatic N) is 1. The van der Waals surface area contributed by atoms with Crippen LogP contribution in [-0.2, 0) is 6.54 Å². The van der Waals surface area contributed by atoms with Crippen molar-refractivity contribution in [1.82, 2.24) is 5.32 Å². The van der Waals surface area contributed by atoms with Crippen LogP contribution in [0.15, 0.2) is 18.2 Å². The number of nitrogens with one attached hydrogen (secondary N) is 1. The molecule has 0 amide bonds. The van der Waals surface area contributed by atoms with Crippen LogP contribution < -0.4 is 5.32 Å². The third kappa shape index (κ3) is 3.48. The van der Waals surface area contributed by atoms with Crippen molar-refractivity contribution in [2.24, 2.45) is 5.92 Å². The molecule has 2 atom stereocenters. The Morgan fingerprint density at radius 3 is 2.94 bits per heavy atom. The van der Waals surface area contributed by atoms with Gasteiger partial charge < -0.3 is 5.32 Å². The van der Waals surface area contributed by atoms with Gasteiger partial charge in [-0.2, -0.15) is 5.26 Å². The van der Waals surface area contributed by atoms with E-state index in [0.717, 1.165) is 18.0 Å². The lowest BCUT2D eigenvalue weighted by Gasteiger charge is -2.27. The molecule has 1 aliphatic carbocycles. The fourth-order valence-electron chi connectivity index (χ4n) is 2.63. The van der Waals surface area contributed by atoms with Gasteiger partial charge in [0, 0.05) is 17.6 Å². The van der Waals surface area contributed by atoms with E-state index in [0.29, 0.717) is 16.6 Å². The highest BCUT2D eigenvalue weighted by molar-refractivity contribution is 6.31. The molecule has 0 aromatic heterocycles. The van der Waals surface area contributed by atoms with Crippen molar-refractivity contribution in [2.45, 2.75) is 45.2 Å². The Hall–Kier alpha value is -1.04. The Kier molecular flexibility index (Phi) is 4.63. The van der Waals surface area contributed by atoms with Crippen LogP contribution in [0.25, 0.3) is 0 Å². The van der Waals surface area contributed by atoms with Crippen molar-refractivity contribution in [3.63, 3.8) is 0 Å². The molecule has 2 rings (SSSR count). The molecule has 96 valence electrons. The van der Waals surface area contributed by atoms with Gasteiger partial charge in [-0.15, -0.1) is 0 Å². The van der Waals surface area contributed by atoms with Gasteiger partial charge in [0.15, 0.2) is 0 Å². The summed E-state index contributed by atoms with van der Waals surface area (Å²) in [6.45, 7) is 3.12. The minimum absolute atomic E-state index is 0.612. The monoisotopic (exact) mass is 262 g/mol. The topological polar surface area (TPSA) is 35.8 Å². The van der Waals surface area contributed by atoms with Gasteiger partial charge in [-0.05, 0) is 36.5 Å². The van der Waals surface area contributed by atoms with Crippen molar-refractivity contribution in [2.75, 3.05) is 0 Å². The zero-order chi connectivity index (χ0) is 13.0. The maximum atomic E-state index is 8.79. The molecule has 0 heterocycles. The smallest absolute Gasteiger partial charge is 0.0992 e. The van der Waals surface area contributed by atoms with Gasteiger partial charge >= 0.3 is 0 Å². The first kappa shape index (κ1) is 13.4. The highest BCUT2D eigenvalue weighted by Crippen LogP contribution is 2.24. The number of halogens is 1. The highest BCUT2D eigenvalue weighted by Gasteiger charge is 2.18. The summed E-state index contributed by atoms with van der Waals surface area (Å²) in [5, 5.41) is 13.1. The third-order valence-corrected chi connectivity index (χ3v) is 4.05. The number of benzene rings is 1. The summed E-state index contributed by atoms with van der Waals surface area (Å²) in [5.74, 6) is 0.827. The molecule has 1 N–H and O–H groups in total. The van der Waals surface area contributed by atoms with Gasteiger partial charge in [0.1, 0.15) is 0 Å². The number of rotatable bonds is 3.